The smallest absolute Gasteiger partial charge is 0.101 e. The van der Waals surface area contributed by atoms with Crippen LogP contribution >= 0.6 is 0 Å². The molecule has 0 radical (unpaired) electrons. The van der Waals surface area contributed by atoms with E-state index in [1.165, 1.54) is 18.4 Å². The van der Waals surface area contributed by atoms with Gasteiger partial charge in [0.05, 0.1) is 17.2 Å². The topological polar surface area (TPSA) is 47.6 Å². The zero-order chi connectivity index (χ0) is 15.7. The molecule has 8 rings (SSSR count). The summed E-state index contributed by atoms with van der Waals surface area (Å²) < 4.78 is 0. The van der Waals surface area contributed by atoms with Gasteiger partial charge in [-0.05, 0) is 37.7 Å². The Bertz CT molecular complexity index is 902. The van der Waals surface area contributed by atoms with Crippen molar-refractivity contribution in [2.75, 3.05) is 0 Å². The maximum absolute atomic E-state index is 9.95. The third-order valence-corrected chi connectivity index (χ3v) is 6.44. The second-order valence-electron chi connectivity index (χ2n) is 7.27. The molecule has 0 aliphatic heterocycles. The zero-order valence-electron chi connectivity index (χ0n) is 12.9. The lowest BCUT2D eigenvalue weighted by Crippen LogP contribution is -2.45. The number of hydrogen-bond acceptors (Lipinski definition) is 2. The van der Waals surface area contributed by atoms with Gasteiger partial charge in [0.25, 0.3) is 0 Å². The third-order valence-electron chi connectivity index (χ3n) is 6.44. The molecule has 0 fully saturated rings. The average Bonchev–Trinajstić information content (AvgIpc) is 2.99. The van der Waals surface area contributed by atoms with Crippen molar-refractivity contribution in [1.82, 2.24) is 0 Å². The van der Waals surface area contributed by atoms with Crippen LogP contribution in [0.1, 0.15) is 32.1 Å². The Balaban J connectivity index is 1.90. The summed E-state index contributed by atoms with van der Waals surface area (Å²) in [7, 11) is 0. The van der Waals surface area contributed by atoms with Crippen molar-refractivity contribution in [2.24, 2.45) is 10.8 Å². The van der Waals surface area contributed by atoms with E-state index in [2.05, 4.69) is 48.6 Å². The van der Waals surface area contributed by atoms with Crippen LogP contribution in [0.15, 0.2) is 69.9 Å². The predicted octanol–water partition coefficient (Wildman–Crippen LogP) is 4.58. The van der Waals surface area contributed by atoms with Gasteiger partial charge < -0.3 is 0 Å². The maximum atomic E-state index is 9.95. The summed E-state index contributed by atoms with van der Waals surface area (Å²) in [6.07, 6.45) is 18.7. The summed E-state index contributed by atoms with van der Waals surface area (Å²) in [5.74, 6) is 0. The molecule has 0 heterocycles. The van der Waals surface area contributed by atoms with Crippen molar-refractivity contribution in [2.45, 2.75) is 32.1 Å². The first-order valence-electron chi connectivity index (χ1n) is 8.30. The second kappa shape index (κ2) is 4.03. The summed E-state index contributed by atoms with van der Waals surface area (Å²) in [5.41, 5.74) is 5.79. The lowest BCUT2D eigenvalue weighted by Gasteiger charge is -2.53. The number of rotatable bonds is 0. The summed E-state index contributed by atoms with van der Waals surface area (Å²) in [6, 6.07) is 4.77. The first kappa shape index (κ1) is 12.9. The highest BCUT2D eigenvalue weighted by molar-refractivity contribution is 5.70. The first-order valence-corrected chi connectivity index (χ1v) is 8.30. The SMILES string of the molecule is N#CC1=C(C#N)C23C=CC1=C1C=CC2(C=C1)CC1=C(CCC1)C3. The molecule has 8 aliphatic rings. The highest BCUT2D eigenvalue weighted by Gasteiger charge is 2.56. The standard InChI is InChI=1S/C21H16N2/c22-12-18-17-6-9-21(19(18)13-23)11-16-3-1-2-15(16)10-20(21)7-4-14(17)5-8-20/h4-9H,1-3,10-11H2. The Hall–Kier alpha value is -2.58. The van der Waals surface area contributed by atoms with E-state index in [0.717, 1.165) is 30.4 Å². The number of nitrogens with zero attached hydrogens (tertiary/aromatic N) is 2. The molecule has 8 aliphatic carbocycles. The van der Waals surface area contributed by atoms with Gasteiger partial charge in [0.1, 0.15) is 6.07 Å². The summed E-state index contributed by atoms with van der Waals surface area (Å²) in [6.45, 7) is 0. The van der Waals surface area contributed by atoms with Gasteiger partial charge in [-0.3, -0.25) is 0 Å². The Labute approximate surface area is 136 Å². The van der Waals surface area contributed by atoms with Crippen molar-refractivity contribution >= 4 is 0 Å². The number of hydrogen-bond donors (Lipinski definition) is 0. The minimum absolute atomic E-state index is 0.185. The fraction of sp³-hybridized carbons (Fsp3) is 0.333. The summed E-state index contributed by atoms with van der Waals surface area (Å²) in [5, 5.41) is 19.7. The molecule has 110 valence electrons. The van der Waals surface area contributed by atoms with Crippen LogP contribution in [-0.2, 0) is 0 Å². The van der Waals surface area contributed by atoms with E-state index in [4.69, 9.17) is 0 Å². The summed E-state index contributed by atoms with van der Waals surface area (Å²) in [4.78, 5) is 0. The van der Waals surface area contributed by atoms with Crippen LogP contribution < -0.4 is 0 Å². The lowest BCUT2D eigenvalue weighted by atomic mass is 9.48. The molecule has 2 spiro atoms. The van der Waals surface area contributed by atoms with Crippen molar-refractivity contribution in [3.63, 3.8) is 0 Å². The Morgan fingerprint density at radius 2 is 1.61 bits per heavy atom. The van der Waals surface area contributed by atoms with Gasteiger partial charge in [-0.15, -0.1) is 0 Å². The van der Waals surface area contributed by atoms with Crippen LogP contribution in [0.5, 0.6) is 0 Å². The molecule has 0 saturated heterocycles. The highest BCUT2D eigenvalue weighted by atomic mass is 14.6. The van der Waals surface area contributed by atoms with Gasteiger partial charge >= 0.3 is 0 Å². The molecular weight excluding hydrogens is 280 g/mol. The molecule has 23 heavy (non-hydrogen) atoms. The number of nitriles is 2. The molecule has 1 atom stereocenters. The monoisotopic (exact) mass is 296 g/mol. The van der Waals surface area contributed by atoms with Crippen molar-refractivity contribution in [1.29, 1.82) is 10.5 Å². The van der Waals surface area contributed by atoms with Gasteiger partial charge in [-0.2, -0.15) is 10.5 Å². The van der Waals surface area contributed by atoms with Gasteiger partial charge in [-0.25, -0.2) is 0 Å². The lowest BCUT2D eigenvalue weighted by molar-refractivity contribution is 0.220. The Kier molecular flexibility index (Phi) is 2.26. The second-order valence-corrected chi connectivity index (χ2v) is 7.27. The maximum Gasteiger partial charge on any atom is 0.101 e. The number of allylic oxidation sites excluding steroid dienone is 12. The van der Waals surface area contributed by atoms with Gasteiger partial charge in [-0.1, -0.05) is 47.6 Å². The van der Waals surface area contributed by atoms with Crippen LogP contribution in [0, 0.1) is 33.5 Å². The van der Waals surface area contributed by atoms with E-state index in [1.807, 2.05) is 0 Å². The van der Waals surface area contributed by atoms with Crippen LogP contribution in [0.3, 0.4) is 0 Å². The van der Waals surface area contributed by atoms with Crippen LogP contribution in [0.4, 0.5) is 0 Å². The van der Waals surface area contributed by atoms with Gasteiger partial charge in [0.2, 0.25) is 0 Å². The molecule has 0 aromatic rings. The van der Waals surface area contributed by atoms with E-state index in [0.29, 0.717) is 11.1 Å². The van der Waals surface area contributed by atoms with Crippen LogP contribution in [0.2, 0.25) is 0 Å². The Morgan fingerprint density at radius 3 is 2.30 bits per heavy atom. The zero-order valence-corrected chi connectivity index (χ0v) is 12.9. The molecular formula is C21H16N2. The third kappa shape index (κ3) is 1.34. The molecule has 2 nitrogen and oxygen atoms in total. The molecule has 0 aromatic heterocycles. The van der Waals surface area contributed by atoms with Crippen molar-refractivity contribution in [3.8, 4) is 12.1 Å². The largest absolute Gasteiger partial charge is 0.193 e. The van der Waals surface area contributed by atoms with Crippen molar-refractivity contribution in [3.05, 3.63) is 69.9 Å². The van der Waals surface area contributed by atoms with E-state index in [9.17, 15) is 10.5 Å². The van der Waals surface area contributed by atoms with E-state index in [-0.39, 0.29) is 10.8 Å². The molecule has 0 amide bonds. The minimum atomic E-state index is -0.377. The predicted molar refractivity (Wildman–Crippen MR) is 87.7 cm³/mol. The fourth-order valence-electron chi connectivity index (χ4n) is 5.29. The first-order chi connectivity index (χ1) is 11.2. The molecule has 4 bridgehead atoms. The normalized spacial score (nSPS) is 35.9. The average molecular weight is 296 g/mol. The molecule has 0 saturated carbocycles. The van der Waals surface area contributed by atoms with Gasteiger partial charge in [0, 0.05) is 16.4 Å². The highest BCUT2D eigenvalue weighted by Crippen LogP contribution is 2.65. The van der Waals surface area contributed by atoms with Crippen molar-refractivity contribution < 1.29 is 0 Å². The van der Waals surface area contributed by atoms with E-state index >= 15 is 0 Å². The Morgan fingerprint density at radius 1 is 0.870 bits per heavy atom. The van der Waals surface area contributed by atoms with Crippen LogP contribution in [0.25, 0.3) is 0 Å². The summed E-state index contributed by atoms with van der Waals surface area (Å²) >= 11 is 0. The molecule has 0 N–H and O–H groups in total. The minimum Gasteiger partial charge on any atom is -0.193 e. The quantitative estimate of drug-likeness (QED) is 0.614. The molecule has 1 unspecified atom stereocenters. The molecule has 2 heteroatoms. The van der Waals surface area contributed by atoms with E-state index in [1.54, 1.807) is 5.57 Å². The fourth-order valence-corrected chi connectivity index (χ4v) is 5.29. The van der Waals surface area contributed by atoms with E-state index < -0.39 is 0 Å². The van der Waals surface area contributed by atoms with Crippen LogP contribution in [-0.4, -0.2) is 0 Å². The molecule has 0 aromatic carbocycles. The van der Waals surface area contributed by atoms with Gasteiger partial charge in [0.15, 0.2) is 0 Å².